The fraction of sp³-hybridized carbons (Fsp3) is 0.750. The number of rotatable bonds is 0. The maximum atomic E-state index is 5.11. The summed E-state index contributed by atoms with van der Waals surface area (Å²) in [5, 5.41) is 0. The molecule has 0 aromatic carbocycles. The van der Waals surface area contributed by atoms with E-state index in [0.717, 1.165) is 13.1 Å². The lowest BCUT2D eigenvalue weighted by molar-refractivity contribution is 0.497. The molecule has 0 aromatic heterocycles. The molecule has 0 bridgehead atoms. The van der Waals surface area contributed by atoms with Gasteiger partial charge in [-0.2, -0.15) is 0 Å². The van der Waals surface area contributed by atoms with Gasteiger partial charge >= 0.3 is 0 Å². The predicted molar refractivity (Wildman–Crippen MR) is 41.0 cm³/mol. The van der Waals surface area contributed by atoms with E-state index in [0.29, 0.717) is 0 Å². The second kappa shape index (κ2) is 5.50. The van der Waals surface area contributed by atoms with E-state index in [9.17, 15) is 0 Å². The summed E-state index contributed by atoms with van der Waals surface area (Å²) in [4.78, 5) is 2.01. The van der Waals surface area contributed by atoms with E-state index < -0.39 is 0 Å². The highest BCUT2D eigenvalue weighted by Gasteiger charge is 2.04. The molecule has 1 heterocycles. The lowest BCUT2D eigenvalue weighted by atomic mass is 10.4. The zero-order valence-corrected chi connectivity index (χ0v) is 6.35. The van der Waals surface area contributed by atoms with Gasteiger partial charge in [0.15, 0.2) is 0 Å². The SMILES string of the molecule is C#CN1CCCC1.CC. The summed E-state index contributed by atoms with van der Waals surface area (Å²) in [6.45, 7) is 6.22. The van der Waals surface area contributed by atoms with Crippen LogP contribution in [0.4, 0.5) is 0 Å². The number of hydrogen-bond donors (Lipinski definition) is 0. The number of terminal acetylenes is 1. The second-order valence-electron chi connectivity index (χ2n) is 1.82. The summed E-state index contributed by atoms with van der Waals surface area (Å²) in [5.74, 6) is 0. The molecule has 9 heavy (non-hydrogen) atoms. The van der Waals surface area contributed by atoms with Crippen molar-refractivity contribution in [3.8, 4) is 12.5 Å². The third-order valence-electron chi connectivity index (χ3n) is 1.29. The molecule has 0 saturated carbocycles. The van der Waals surface area contributed by atoms with Crippen molar-refractivity contribution in [2.75, 3.05) is 13.1 Å². The van der Waals surface area contributed by atoms with Crippen molar-refractivity contribution in [2.24, 2.45) is 0 Å². The minimum Gasteiger partial charge on any atom is -0.333 e. The molecule has 0 N–H and O–H groups in total. The van der Waals surface area contributed by atoms with Crippen molar-refractivity contribution in [3.05, 3.63) is 0 Å². The Bertz CT molecular complexity index is 85.2. The smallest absolute Gasteiger partial charge is 0.0261 e. The van der Waals surface area contributed by atoms with Gasteiger partial charge in [0.2, 0.25) is 0 Å². The van der Waals surface area contributed by atoms with Gasteiger partial charge in [0, 0.05) is 19.1 Å². The van der Waals surface area contributed by atoms with Crippen molar-refractivity contribution >= 4 is 0 Å². The molecule has 1 aliphatic heterocycles. The summed E-state index contributed by atoms with van der Waals surface area (Å²) in [6, 6.07) is 2.60. The van der Waals surface area contributed by atoms with Gasteiger partial charge in [0.25, 0.3) is 0 Å². The molecule has 0 atom stereocenters. The first-order valence-corrected chi connectivity index (χ1v) is 3.64. The van der Waals surface area contributed by atoms with Crippen molar-refractivity contribution < 1.29 is 0 Å². The minimum atomic E-state index is 1.11. The monoisotopic (exact) mass is 125 g/mol. The van der Waals surface area contributed by atoms with Crippen LogP contribution in [0.15, 0.2) is 0 Å². The summed E-state index contributed by atoms with van der Waals surface area (Å²) in [5.41, 5.74) is 0. The largest absolute Gasteiger partial charge is 0.333 e. The fourth-order valence-electron chi connectivity index (χ4n) is 0.846. The molecule has 0 aliphatic carbocycles. The van der Waals surface area contributed by atoms with E-state index in [1.54, 1.807) is 0 Å². The number of hydrogen-bond acceptors (Lipinski definition) is 1. The zero-order chi connectivity index (χ0) is 7.11. The van der Waals surface area contributed by atoms with Crippen LogP contribution in [0, 0.1) is 12.5 Å². The Morgan fingerprint density at radius 3 is 1.89 bits per heavy atom. The summed E-state index contributed by atoms with van der Waals surface area (Å²) >= 11 is 0. The molecule has 0 unspecified atom stereocenters. The molecule has 1 aliphatic rings. The Kier molecular flexibility index (Phi) is 5.11. The van der Waals surface area contributed by atoms with Crippen LogP contribution in [0.5, 0.6) is 0 Å². The van der Waals surface area contributed by atoms with Gasteiger partial charge < -0.3 is 4.90 Å². The van der Waals surface area contributed by atoms with E-state index in [-0.39, 0.29) is 0 Å². The molecule has 1 fully saturated rings. The minimum absolute atomic E-state index is 1.11. The third-order valence-corrected chi connectivity index (χ3v) is 1.29. The molecule has 0 amide bonds. The first-order valence-electron chi connectivity index (χ1n) is 3.64. The van der Waals surface area contributed by atoms with Crippen LogP contribution in [0.25, 0.3) is 0 Å². The average molecular weight is 125 g/mol. The highest BCUT2D eigenvalue weighted by atomic mass is 15.1. The Balaban J connectivity index is 0.000000291. The van der Waals surface area contributed by atoms with E-state index in [2.05, 4.69) is 6.04 Å². The Morgan fingerprint density at radius 1 is 1.22 bits per heavy atom. The molecule has 0 radical (unpaired) electrons. The lowest BCUT2D eigenvalue weighted by Gasteiger charge is -2.03. The van der Waals surface area contributed by atoms with Crippen LogP contribution in [0.2, 0.25) is 0 Å². The van der Waals surface area contributed by atoms with Gasteiger partial charge in [-0.15, -0.1) is 0 Å². The number of nitrogens with zero attached hydrogens (tertiary/aromatic N) is 1. The van der Waals surface area contributed by atoms with E-state index in [1.807, 2.05) is 18.7 Å². The van der Waals surface area contributed by atoms with Crippen molar-refractivity contribution in [1.82, 2.24) is 4.90 Å². The van der Waals surface area contributed by atoms with Gasteiger partial charge in [-0.1, -0.05) is 20.3 Å². The van der Waals surface area contributed by atoms with Crippen LogP contribution < -0.4 is 0 Å². The molecular weight excluding hydrogens is 110 g/mol. The molecule has 1 heteroatoms. The first kappa shape index (κ1) is 8.36. The van der Waals surface area contributed by atoms with E-state index in [4.69, 9.17) is 6.42 Å². The maximum absolute atomic E-state index is 5.11. The molecule has 1 nitrogen and oxygen atoms in total. The van der Waals surface area contributed by atoms with Crippen LogP contribution >= 0.6 is 0 Å². The maximum Gasteiger partial charge on any atom is 0.0261 e. The molecule has 1 saturated heterocycles. The Labute approximate surface area is 58.1 Å². The summed E-state index contributed by atoms with van der Waals surface area (Å²) in [7, 11) is 0. The standard InChI is InChI=1S/C6H9N.C2H6/c1-2-7-5-3-4-6-7;1-2/h1H,3-6H2;1-2H3. The molecule has 0 spiro atoms. The topological polar surface area (TPSA) is 3.24 Å². The van der Waals surface area contributed by atoms with E-state index in [1.165, 1.54) is 12.8 Å². The normalized spacial score (nSPS) is 15.9. The average Bonchev–Trinajstić information content (AvgIpc) is 2.43. The van der Waals surface area contributed by atoms with Crippen LogP contribution in [-0.4, -0.2) is 18.0 Å². The first-order chi connectivity index (χ1) is 4.43. The van der Waals surface area contributed by atoms with Crippen molar-refractivity contribution in [3.63, 3.8) is 0 Å². The fourth-order valence-corrected chi connectivity index (χ4v) is 0.846. The van der Waals surface area contributed by atoms with Gasteiger partial charge in [-0.3, -0.25) is 0 Å². The highest BCUT2D eigenvalue weighted by Crippen LogP contribution is 2.03. The van der Waals surface area contributed by atoms with Crippen LogP contribution in [0.1, 0.15) is 26.7 Å². The third kappa shape index (κ3) is 3.03. The highest BCUT2D eigenvalue weighted by molar-refractivity contribution is 4.87. The van der Waals surface area contributed by atoms with Gasteiger partial charge in [-0.25, -0.2) is 0 Å². The van der Waals surface area contributed by atoms with Crippen LogP contribution in [-0.2, 0) is 0 Å². The van der Waals surface area contributed by atoms with Gasteiger partial charge in [0.1, 0.15) is 0 Å². The van der Waals surface area contributed by atoms with Crippen molar-refractivity contribution in [1.29, 1.82) is 0 Å². The van der Waals surface area contributed by atoms with Gasteiger partial charge in [-0.05, 0) is 12.8 Å². The Hall–Kier alpha value is -0.640. The quantitative estimate of drug-likeness (QED) is 0.445. The van der Waals surface area contributed by atoms with Crippen LogP contribution in [0.3, 0.4) is 0 Å². The van der Waals surface area contributed by atoms with Gasteiger partial charge in [0.05, 0.1) is 0 Å². The number of likely N-dealkylation sites (tertiary alicyclic amines) is 1. The van der Waals surface area contributed by atoms with E-state index >= 15 is 0 Å². The summed E-state index contributed by atoms with van der Waals surface area (Å²) < 4.78 is 0. The zero-order valence-electron chi connectivity index (χ0n) is 6.35. The van der Waals surface area contributed by atoms with Crippen molar-refractivity contribution in [2.45, 2.75) is 26.7 Å². The molecule has 0 aromatic rings. The molecule has 1 rings (SSSR count). The second-order valence-corrected chi connectivity index (χ2v) is 1.82. The molecular formula is C8H15N. The lowest BCUT2D eigenvalue weighted by Crippen LogP contribution is -2.10. The summed E-state index contributed by atoms with van der Waals surface area (Å²) in [6.07, 6.45) is 7.67. The molecule has 52 valence electrons. The Morgan fingerprint density at radius 2 is 1.67 bits per heavy atom. The predicted octanol–water partition coefficient (Wildman–Crippen LogP) is 1.70.